The van der Waals surface area contributed by atoms with Gasteiger partial charge in [0.15, 0.2) is 0 Å². The van der Waals surface area contributed by atoms with Gasteiger partial charge in [-0.25, -0.2) is 0 Å². The normalized spacial score (nSPS) is 18.0. The fourth-order valence-electron chi connectivity index (χ4n) is 4.05. The van der Waals surface area contributed by atoms with E-state index in [1.807, 2.05) is 12.1 Å². The van der Waals surface area contributed by atoms with Crippen LogP contribution in [0.4, 0.5) is 11.4 Å². The zero-order valence-corrected chi connectivity index (χ0v) is 15.9. The lowest BCUT2D eigenvalue weighted by Gasteiger charge is -2.29. The second-order valence-electron chi connectivity index (χ2n) is 7.53. The van der Waals surface area contributed by atoms with E-state index in [0.29, 0.717) is 19.0 Å². The lowest BCUT2D eigenvalue weighted by Crippen LogP contribution is -2.37. The number of carbonyl (C=O) groups is 2. The second kappa shape index (κ2) is 9.06. The molecule has 0 unspecified atom stereocenters. The van der Waals surface area contributed by atoms with Crippen molar-refractivity contribution in [2.24, 2.45) is 0 Å². The third kappa shape index (κ3) is 4.99. The van der Waals surface area contributed by atoms with E-state index in [-0.39, 0.29) is 11.8 Å². The third-order valence-corrected chi connectivity index (χ3v) is 5.55. The maximum absolute atomic E-state index is 12.2. The van der Waals surface area contributed by atoms with Gasteiger partial charge in [0.1, 0.15) is 0 Å². The highest BCUT2D eigenvalue weighted by atomic mass is 16.2. The number of amides is 2. The Hall–Kier alpha value is -2.04. The van der Waals surface area contributed by atoms with Gasteiger partial charge in [-0.2, -0.15) is 0 Å². The van der Waals surface area contributed by atoms with Crippen molar-refractivity contribution in [1.29, 1.82) is 0 Å². The molecule has 1 aromatic carbocycles. The number of anilines is 2. The van der Waals surface area contributed by atoms with Gasteiger partial charge in [0.05, 0.1) is 0 Å². The van der Waals surface area contributed by atoms with Gasteiger partial charge in [-0.3, -0.25) is 9.59 Å². The first-order valence-electron chi connectivity index (χ1n) is 10.1. The molecule has 1 aromatic rings. The lowest BCUT2D eigenvalue weighted by molar-refractivity contribution is -0.121. The van der Waals surface area contributed by atoms with E-state index in [9.17, 15) is 9.59 Å². The Bertz CT molecular complexity index is 602. The summed E-state index contributed by atoms with van der Waals surface area (Å²) < 4.78 is 0. The van der Waals surface area contributed by atoms with Crippen LogP contribution in [-0.4, -0.2) is 37.5 Å². The predicted molar refractivity (Wildman–Crippen MR) is 106 cm³/mol. The molecule has 2 amide bonds. The van der Waals surface area contributed by atoms with Crippen molar-refractivity contribution in [3.8, 4) is 0 Å². The van der Waals surface area contributed by atoms with Gasteiger partial charge in [0.2, 0.25) is 11.8 Å². The average molecular weight is 357 g/mol. The molecule has 0 spiro atoms. The molecule has 142 valence electrons. The first-order valence-corrected chi connectivity index (χ1v) is 10.1. The number of rotatable bonds is 6. The summed E-state index contributed by atoms with van der Waals surface area (Å²) in [6, 6.07) is 8.52. The summed E-state index contributed by atoms with van der Waals surface area (Å²) >= 11 is 0. The van der Waals surface area contributed by atoms with Gasteiger partial charge in [-0.05, 0) is 56.4 Å². The molecule has 2 fully saturated rings. The van der Waals surface area contributed by atoms with E-state index in [4.69, 9.17) is 0 Å². The van der Waals surface area contributed by atoms with Crippen molar-refractivity contribution >= 4 is 23.2 Å². The molecule has 2 aliphatic rings. The van der Waals surface area contributed by atoms with Crippen molar-refractivity contribution in [3.63, 3.8) is 0 Å². The standard InChI is InChI=1S/C21H31N3O2/c1-17(25)24(16-13-21(26)22-18-7-3-4-8-18)20-11-9-19(10-12-20)23-14-5-2-6-15-23/h9-12,18H,2-8,13-16H2,1H3,(H,22,26). The monoisotopic (exact) mass is 357 g/mol. The summed E-state index contributed by atoms with van der Waals surface area (Å²) in [5.41, 5.74) is 2.09. The van der Waals surface area contributed by atoms with Gasteiger partial charge < -0.3 is 15.1 Å². The first-order chi connectivity index (χ1) is 12.6. The molecule has 1 saturated heterocycles. The third-order valence-electron chi connectivity index (χ3n) is 5.55. The van der Waals surface area contributed by atoms with Crippen LogP contribution in [0.15, 0.2) is 24.3 Å². The quantitative estimate of drug-likeness (QED) is 0.848. The van der Waals surface area contributed by atoms with Crippen LogP contribution in [0, 0.1) is 0 Å². The van der Waals surface area contributed by atoms with Crippen molar-refractivity contribution in [1.82, 2.24) is 5.32 Å². The molecule has 0 aromatic heterocycles. The molecule has 1 N–H and O–H groups in total. The fourth-order valence-corrected chi connectivity index (χ4v) is 4.05. The highest BCUT2D eigenvalue weighted by molar-refractivity contribution is 5.92. The van der Waals surface area contributed by atoms with Crippen LogP contribution < -0.4 is 15.1 Å². The molecule has 26 heavy (non-hydrogen) atoms. The number of hydrogen-bond acceptors (Lipinski definition) is 3. The highest BCUT2D eigenvalue weighted by Crippen LogP contribution is 2.24. The number of carbonyl (C=O) groups excluding carboxylic acids is 2. The Morgan fingerprint density at radius 1 is 1.04 bits per heavy atom. The molecule has 0 bridgehead atoms. The largest absolute Gasteiger partial charge is 0.372 e. The summed E-state index contributed by atoms with van der Waals surface area (Å²) in [6.07, 6.45) is 8.73. The summed E-state index contributed by atoms with van der Waals surface area (Å²) in [7, 11) is 0. The van der Waals surface area contributed by atoms with Crippen LogP contribution in [0.1, 0.15) is 58.3 Å². The Morgan fingerprint density at radius 3 is 2.31 bits per heavy atom. The molecule has 3 rings (SSSR count). The first kappa shape index (κ1) is 18.7. The molecular formula is C21H31N3O2. The Balaban J connectivity index is 1.56. The average Bonchev–Trinajstić information content (AvgIpc) is 3.16. The molecule has 5 heteroatoms. The van der Waals surface area contributed by atoms with E-state index >= 15 is 0 Å². The SMILES string of the molecule is CC(=O)N(CCC(=O)NC1CCCC1)c1ccc(N2CCCCC2)cc1. The van der Waals surface area contributed by atoms with Gasteiger partial charge in [-0.15, -0.1) is 0 Å². The smallest absolute Gasteiger partial charge is 0.223 e. The number of benzene rings is 1. The maximum atomic E-state index is 12.2. The maximum Gasteiger partial charge on any atom is 0.223 e. The van der Waals surface area contributed by atoms with Gasteiger partial charge in [0.25, 0.3) is 0 Å². The molecule has 0 atom stereocenters. The highest BCUT2D eigenvalue weighted by Gasteiger charge is 2.19. The summed E-state index contributed by atoms with van der Waals surface area (Å²) in [5, 5.41) is 3.09. The second-order valence-corrected chi connectivity index (χ2v) is 7.53. The molecule has 0 radical (unpaired) electrons. The van der Waals surface area contributed by atoms with E-state index in [1.54, 1.807) is 11.8 Å². The lowest BCUT2D eigenvalue weighted by atomic mass is 10.1. The summed E-state index contributed by atoms with van der Waals surface area (Å²) in [6.45, 7) is 4.21. The van der Waals surface area contributed by atoms with Crippen LogP contribution in [0.3, 0.4) is 0 Å². The van der Waals surface area contributed by atoms with E-state index in [0.717, 1.165) is 31.6 Å². The molecule has 1 aliphatic carbocycles. The topological polar surface area (TPSA) is 52.7 Å². The van der Waals surface area contributed by atoms with Crippen molar-refractivity contribution in [2.75, 3.05) is 29.4 Å². The van der Waals surface area contributed by atoms with Gasteiger partial charge in [0, 0.05) is 50.4 Å². The van der Waals surface area contributed by atoms with Gasteiger partial charge in [-0.1, -0.05) is 12.8 Å². The van der Waals surface area contributed by atoms with Crippen molar-refractivity contribution < 1.29 is 9.59 Å². The minimum Gasteiger partial charge on any atom is -0.372 e. The number of piperidine rings is 1. The van der Waals surface area contributed by atoms with Crippen LogP contribution >= 0.6 is 0 Å². The summed E-state index contributed by atoms with van der Waals surface area (Å²) in [4.78, 5) is 28.3. The van der Waals surface area contributed by atoms with Crippen LogP contribution in [0.2, 0.25) is 0 Å². The van der Waals surface area contributed by atoms with E-state index in [2.05, 4.69) is 22.3 Å². The van der Waals surface area contributed by atoms with Crippen LogP contribution in [-0.2, 0) is 9.59 Å². The Morgan fingerprint density at radius 2 is 1.69 bits per heavy atom. The number of nitrogens with one attached hydrogen (secondary N) is 1. The van der Waals surface area contributed by atoms with E-state index < -0.39 is 0 Å². The van der Waals surface area contributed by atoms with Crippen LogP contribution in [0.25, 0.3) is 0 Å². The van der Waals surface area contributed by atoms with Crippen molar-refractivity contribution in [3.05, 3.63) is 24.3 Å². The molecule has 1 saturated carbocycles. The Labute approximate surface area is 156 Å². The molecule has 1 aliphatic heterocycles. The minimum absolute atomic E-state index is 0.0237. The number of hydrogen-bond donors (Lipinski definition) is 1. The van der Waals surface area contributed by atoms with Crippen LogP contribution in [0.5, 0.6) is 0 Å². The van der Waals surface area contributed by atoms with Crippen molar-refractivity contribution in [2.45, 2.75) is 64.3 Å². The fraction of sp³-hybridized carbons (Fsp3) is 0.619. The zero-order valence-electron chi connectivity index (χ0n) is 15.9. The molecular weight excluding hydrogens is 326 g/mol. The molecule has 5 nitrogen and oxygen atoms in total. The van der Waals surface area contributed by atoms with Gasteiger partial charge >= 0.3 is 0 Å². The molecule has 1 heterocycles. The Kier molecular flexibility index (Phi) is 6.53. The summed E-state index contributed by atoms with van der Waals surface area (Å²) in [5.74, 6) is 0.0254. The zero-order chi connectivity index (χ0) is 18.4. The number of nitrogens with zero attached hydrogens (tertiary/aromatic N) is 2. The van der Waals surface area contributed by atoms with E-state index in [1.165, 1.54) is 37.8 Å². The predicted octanol–water partition coefficient (Wildman–Crippen LogP) is 3.48. The minimum atomic E-state index is -0.0237.